The Morgan fingerprint density at radius 1 is 1.36 bits per heavy atom. The summed E-state index contributed by atoms with van der Waals surface area (Å²) in [6, 6.07) is 1.46. The van der Waals surface area contributed by atoms with Crippen molar-refractivity contribution in [2.45, 2.75) is 45.0 Å². The fraction of sp³-hybridized carbons (Fsp3) is 0.571. The molecular formula is C14H21NO6S. The number of hydrogen-bond acceptors (Lipinski definition) is 6. The molecule has 0 saturated carbocycles. The fourth-order valence-corrected chi connectivity index (χ4v) is 2.50. The van der Waals surface area contributed by atoms with Crippen LogP contribution in [0.25, 0.3) is 0 Å². The minimum atomic E-state index is -1.32. The van der Waals surface area contributed by atoms with Crippen molar-refractivity contribution in [3.8, 4) is 0 Å². The van der Waals surface area contributed by atoms with E-state index in [0.29, 0.717) is 0 Å². The summed E-state index contributed by atoms with van der Waals surface area (Å²) in [7, 11) is 0. The lowest BCUT2D eigenvalue weighted by Gasteiger charge is -2.21. The molecule has 0 aliphatic heterocycles. The Bertz CT molecular complexity index is 522. The van der Waals surface area contributed by atoms with Crippen LogP contribution >= 0.6 is 11.3 Å². The molecule has 22 heavy (non-hydrogen) atoms. The first-order valence-corrected chi connectivity index (χ1v) is 7.63. The van der Waals surface area contributed by atoms with E-state index >= 15 is 0 Å². The maximum Gasteiger partial charge on any atom is 0.407 e. The molecule has 0 radical (unpaired) electrons. The van der Waals surface area contributed by atoms with Crippen molar-refractivity contribution in [1.82, 2.24) is 5.32 Å². The van der Waals surface area contributed by atoms with Gasteiger partial charge in [-0.05, 0) is 38.6 Å². The molecule has 1 heterocycles. The molecule has 1 amide bonds. The first-order valence-electron chi connectivity index (χ1n) is 6.75. The second-order valence-electron chi connectivity index (χ2n) is 5.74. The molecule has 0 aliphatic rings. The molecule has 0 saturated heterocycles. The Labute approximate surface area is 132 Å². The number of carbonyl (C=O) groups excluding carboxylic acids is 1. The standard InChI is InChI=1S/C14H21NO6S/c1-14(2,3)21-13(20)15-6-4-9(16)10(17)8-5-7-22-11(8)12(18)19/h5,7,9-10,16-17H,4,6H2,1-3H3,(H,15,20)(H,18,19). The highest BCUT2D eigenvalue weighted by atomic mass is 32.1. The van der Waals surface area contributed by atoms with E-state index in [1.165, 1.54) is 11.4 Å². The topological polar surface area (TPSA) is 116 Å². The van der Waals surface area contributed by atoms with Crippen molar-refractivity contribution in [2.75, 3.05) is 6.54 Å². The van der Waals surface area contributed by atoms with Gasteiger partial charge in [0.25, 0.3) is 0 Å². The number of aliphatic hydroxyl groups is 2. The van der Waals surface area contributed by atoms with E-state index in [0.717, 1.165) is 11.3 Å². The SMILES string of the molecule is CC(C)(C)OC(=O)NCCC(O)C(O)c1ccsc1C(=O)O. The van der Waals surface area contributed by atoms with Crippen molar-refractivity contribution in [3.05, 3.63) is 21.9 Å². The summed E-state index contributed by atoms with van der Waals surface area (Å²) < 4.78 is 5.03. The van der Waals surface area contributed by atoms with Crippen molar-refractivity contribution < 1.29 is 29.6 Å². The molecule has 1 aromatic heterocycles. The molecule has 0 bridgehead atoms. The second-order valence-corrected chi connectivity index (χ2v) is 6.66. The van der Waals surface area contributed by atoms with E-state index < -0.39 is 29.9 Å². The first kappa shape index (κ1) is 18.4. The van der Waals surface area contributed by atoms with Crippen molar-refractivity contribution in [3.63, 3.8) is 0 Å². The number of aliphatic hydroxyl groups excluding tert-OH is 2. The normalized spacial score (nSPS) is 14.2. The third kappa shape index (κ3) is 5.63. The summed E-state index contributed by atoms with van der Waals surface area (Å²) in [5, 5.41) is 32.9. The van der Waals surface area contributed by atoms with Crippen LogP contribution in [-0.2, 0) is 4.74 Å². The number of thiophene rings is 1. The van der Waals surface area contributed by atoms with Crippen LogP contribution in [0.15, 0.2) is 11.4 Å². The predicted octanol–water partition coefficient (Wildman–Crippen LogP) is 1.76. The molecule has 8 heteroatoms. The highest BCUT2D eigenvalue weighted by Gasteiger charge is 2.25. The quantitative estimate of drug-likeness (QED) is 0.631. The molecule has 2 unspecified atom stereocenters. The van der Waals surface area contributed by atoms with Gasteiger partial charge in [-0.25, -0.2) is 9.59 Å². The third-order valence-corrected chi connectivity index (χ3v) is 3.60. The monoisotopic (exact) mass is 331 g/mol. The third-order valence-electron chi connectivity index (χ3n) is 2.68. The van der Waals surface area contributed by atoms with E-state index in [4.69, 9.17) is 9.84 Å². The van der Waals surface area contributed by atoms with Gasteiger partial charge in [0, 0.05) is 12.1 Å². The maximum absolute atomic E-state index is 11.4. The van der Waals surface area contributed by atoms with Crippen LogP contribution in [0.2, 0.25) is 0 Å². The molecular weight excluding hydrogens is 310 g/mol. The van der Waals surface area contributed by atoms with Gasteiger partial charge < -0.3 is 25.4 Å². The Kier molecular flexibility index (Phi) is 6.34. The van der Waals surface area contributed by atoms with E-state index in [1.807, 2.05) is 0 Å². The Morgan fingerprint density at radius 3 is 2.55 bits per heavy atom. The molecule has 4 N–H and O–H groups in total. The van der Waals surface area contributed by atoms with Gasteiger partial charge in [0.2, 0.25) is 0 Å². The highest BCUT2D eigenvalue weighted by Crippen LogP contribution is 2.26. The van der Waals surface area contributed by atoms with Gasteiger partial charge in [-0.1, -0.05) is 0 Å². The van der Waals surface area contributed by atoms with Gasteiger partial charge >= 0.3 is 12.1 Å². The summed E-state index contributed by atoms with van der Waals surface area (Å²) in [5.74, 6) is -1.15. The van der Waals surface area contributed by atoms with E-state index in [9.17, 15) is 19.8 Å². The minimum absolute atomic E-state index is 0.00773. The average Bonchev–Trinajstić information content (AvgIpc) is 2.84. The lowest BCUT2D eigenvalue weighted by molar-refractivity contribution is 0.0118. The van der Waals surface area contributed by atoms with Crippen LogP contribution in [0.3, 0.4) is 0 Å². The number of ether oxygens (including phenoxy) is 1. The van der Waals surface area contributed by atoms with Crippen LogP contribution < -0.4 is 5.32 Å². The fourth-order valence-electron chi connectivity index (χ4n) is 1.73. The van der Waals surface area contributed by atoms with Gasteiger partial charge in [-0.15, -0.1) is 11.3 Å². The van der Waals surface area contributed by atoms with Gasteiger partial charge in [0.05, 0.1) is 6.10 Å². The van der Waals surface area contributed by atoms with Crippen molar-refractivity contribution in [1.29, 1.82) is 0 Å². The first-order chi connectivity index (χ1) is 10.1. The zero-order valence-electron chi connectivity index (χ0n) is 12.7. The summed E-state index contributed by atoms with van der Waals surface area (Å²) in [6.07, 6.45) is -3.06. The highest BCUT2D eigenvalue weighted by molar-refractivity contribution is 7.12. The van der Waals surface area contributed by atoms with Gasteiger partial charge in [-0.2, -0.15) is 0 Å². The number of carbonyl (C=O) groups is 2. The summed E-state index contributed by atoms with van der Waals surface area (Å²) >= 11 is 0.978. The smallest absolute Gasteiger partial charge is 0.407 e. The number of hydrogen-bond donors (Lipinski definition) is 4. The zero-order valence-corrected chi connectivity index (χ0v) is 13.5. The Morgan fingerprint density at radius 2 is 2.00 bits per heavy atom. The number of amides is 1. The molecule has 7 nitrogen and oxygen atoms in total. The summed E-state index contributed by atoms with van der Waals surface area (Å²) in [4.78, 5) is 22.4. The molecule has 2 atom stereocenters. The number of carboxylic acids is 1. The van der Waals surface area contributed by atoms with Gasteiger partial charge in [-0.3, -0.25) is 0 Å². The van der Waals surface area contributed by atoms with Crippen LogP contribution in [0.5, 0.6) is 0 Å². The number of aromatic carboxylic acids is 1. The number of nitrogens with one attached hydrogen (secondary N) is 1. The number of rotatable bonds is 6. The number of carboxylic acid groups (broad SMARTS) is 1. The molecule has 124 valence electrons. The number of alkyl carbamates (subject to hydrolysis) is 1. The van der Waals surface area contributed by atoms with Crippen LogP contribution in [0.1, 0.15) is 48.5 Å². The molecule has 0 spiro atoms. The van der Waals surface area contributed by atoms with Crippen LogP contribution in [0, 0.1) is 0 Å². The summed E-state index contributed by atoms with van der Waals surface area (Å²) in [6.45, 7) is 5.29. The van der Waals surface area contributed by atoms with E-state index in [-0.39, 0.29) is 23.4 Å². The van der Waals surface area contributed by atoms with Crippen LogP contribution in [0.4, 0.5) is 4.79 Å². The molecule has 0 aliphatic carbocycles. The van der Waals surface area contributed by atoms with E-state index in [1.54, 1.807) is 20.8 Å². The molecule has 1 aromatic rings. The Hall–Kier alpha value is -1.64. The molecule has 0 fully saturated rings. The Balaban J connectivity index is 2.48. The zero-order chi connectivity index (χ0) is 16.9. The van der Waals surface area contributed by atoms with E-state index in [2.05, 4.69) is 5.32 Å². The lowest BCUT2D eigenvalue weighted by Crippen LogP contribution is -2.34. The minimum Gasteiger partial charge on any atom is -0.477 e. The van der Waals surface area contributed by atoms with Crippen molar-refractivity contribution >= 4 is 23.4 Å². The van der Waals surface area contributed by atoms with Gasteiger partial charge in [0.15, 0.2) is 0 Å². The lowest BCUT2D eigenvalue weighted by atomic mass is 10.0. The average molecular weight is 331 g/mol. The predicted molar refractivity (Wildman–Crippen MR) is 81.1 cm³/mol. The molecule has 1 rings (SSSR count). The maximum atomic E-state index is 11.4. The second kappa shape index (κ2) is 7.57. The summed E-state index contributed by atoms with van der Waals surface area (Å²) in [5.41, 5.74) is -0.447. The largest absolute Gasteiger partial charge is 0.477 e. The van der Waals surface area contributed by atoms with Crippen molar-refractivity contribution in [2.24, 2.45) is 0 Å². The van der Waals surface area contributed by atoms with Gasteiger partial charge in [0.1, 0.15) is 16.6 Å². The van der Waals surface area contributed by atoms with Crippen LogP contribution in [-0.4, -0.2) is 45.6 Å². The molecule has 0 aromatic carbocycles.